The van der Waals surface area contributed by atoms with Crippen LogP contribution in [0.3, 0.4) is 0 Å². The Kier molecular flexibility index (Phi) is 33.3. The van der Waals surface area contributed by atoms with Crippen molar-refractivity contribution in [2.75, 3.05) is 13.2 Å². The summed E-state index contributed by atoms with van der Waals surface area (Å²) in [6, 6.07) is -0.797. The molecular weight excluding hydrogens is 670 g/mol. The SMILES string of the molecule is CCCCCCCCCCC/C=C/C(O)C(CO[C@@H]1O[C@H](CO)[C@H](O)[C@H](O)[C@H]1O)NC(=O)CCCCCCCCCCCCCCCCCCCCC. The summed E-state index contributed by atoms with van der Waals surface area (Å²) in [7, 11) is 0. The molecule has 314 valence electrons. The van der Waals surface area contributed by atoms with Crippen LogP contribution in [0.5, 0.6) is 0 Å². The number of ether oxygens (including phenoxy) is 2. The second-order valence-electron chi connectivity index (χ2n) is 15.9. The molecule has 0 saturated carbocycles. The van der Waals surface area contributed by atoms with Gasteiger partial charge in [0.05, 0.1) is 25.4 Å². The molecule has 9 nitrogen and oxygen atoms in total. The molecule has 2 unspecified atom stereocenters. The Morgan fingerprint density at radius 3 is 1.47 bits per heavy atom. The van der Waals surface area contributed by atoms with Gasteiger partial charge in [-0.1, -0.05) is 193 Å². The molecule has 1 amide bonds. The molecule has 53 heavy (non-hydrogen) atoms. The normalized spacial score (nSPS) is 21.7. The summed E-state index contributed by atoms with van der Waals surface area (Å²) in [5, 5.41) is 54.0. The van der Waals surface area contributed by atoms with E-state index in [2.05, 4.69) is 19.2 Å². The van der Waals surface area contributed by atoms with Gasteiger partial charge in [0, 0.05) is 6.42 Å². The van der Waals surface area contributed by atoms with Crippen molar-refractivity contribution in [3.8, 4) is 0 Å². The lowest BCUT2D eigenvalue weighted by atomic mass is 9.99. The van der Waals surface area contributed by atoms with E-state index in [-0.39, 0.29) is 12.5 Å². The molecule has 1 rings (SSSR count). The van der Waals surface area contributed by atoms with Gasteiger partial charge in [-0.05, 0) is 19.3 Å². The molecule has 0 bridgehead atoms. The van der Waals surface area contributed by atoms with E-state index < -0.39 is 49.5 Å². The minimum absolute atomic E-state index is 0.175. The zero-order chi connectivity index (χ0) is 38.8. The Bertz CT molecular complexity index is 842. The van der Waals surface area contributed by atoms with Crippen LogP contribution in [-0.2, 0) is 14.3 Å². The maximum absolute atomic E-state index is 12.9. The largest absolute Gasteiger partial charge is 0.394 e. The Labute approximate surface area is 325 Å². The average molecular weight is 756 g/mol. The molecule has 0 aromatic rings. The van der Waals surface area contributed by atoms with Gasteiger partial charge in [-0.15, -0.1) is 0 Å². The van der Waals surface area contributed by atoms with Gasteiger partial charge in [0.15, 0.2) is 6.29 Å². The van der Waals surface area contributed by atoms with Crippen LogP contribution < -0.4 is 5.32 Å². The Morgan fingerprint density at radius 2 is 1.04 bits per heavy atom. The first kappa shape index (κ1) is 49.9. The van der Waals surface area contributed by atoms with Crippen molar-refractivity contribution in [2.45, 2.75) is 249 Å². The van der Waals surface area contributed by atoms with Gasteiger partial charge in [-0.3, -0.25) is 4.79 Å². The smallest absolute Gasteiger partial charge is 0.220 e. The standard InChI is InChI=1S/C44H85NO8/c1-3-5-7-9-11-13-15-16-17-18-19-20-21-22-24-26-28-30-32-34-40(48)45-37(36-52-44-43(51)42(50)41(49)39(35-46)53-44)38(47)33-31-29-27-25-23-14-12-10-8-6-4-2/h31,33,37-39,41-44,46-47,49-51H,3-30,32,34-36H2,1-2H3,(H,45,48)/b33-31+/t37?,38?,39-,41+,42+,43-,44-/m1/s1. The van der Waals surface area contributed by atoms with Crippen LogP contribution in [0, 0.1) is 0 Å². The van der Waals surface area contributed by atoms with Gasteiger partial charge in [0.2, 0.25) is 5.91 Å². The van der Waals surface area contributed by atoms with Crippen molar-refractivity contribution in [3.63, 3.8) is 0 Å². The minimum atomic E-state index is -1.56. The summed E-state index contributed by atoms with van der Waals surface area (Å²) in [4.78, 5) is 12.9. The van der Waals surface area contributed by atoms with E-state index in [9.17, 15) is 30.3 Å². The number of rotatable bonds is 37. The van der Waals surface area contributed by atoms with E-state index in [1.54, 1.807) is 6.08 Å². The number of aliphatic hydroxyl groups excluding tert-OH is 5. The second kappa shape index (κ2) is 35.4. The quantitative estimate of drug-likeness (QED) is 0.0272. The molecule has 0 radical (unpaired) electrons. The van der Waals surface area contributed by atoms with E-state index >= 15 is 0 Å². The minimum Gasteiger partial charge on any atom is -0.394 e. The molecule has 9 heteroatoms. The van der Waals surface area contributed by atoms with Crippen LogP contribution in [0.4, 0.5) is 0 Å². The molecule has 0 aromatic carbocycles. The fourth-order valence-corrected chi connectivity index (χ4v) is 7.21. The second-order valence-corrected chi connectivity index (χ2v) is 15.9. The summed E-state index contributed by atoms with van der Waals surface area (Å²) in [6.45, 7) is 3.76. The van der Waals surface area contributed by atoms with Crippen LogP contribution in [0.25, 0.3) is 0 Å². The molecule has 1 fully saturated rings. The number of carbonyl (C=O) groups is 1. The molecule has 1 heterocycles. The maximum atomic E-state index is 12.9. The average Bonchev–Trinajstić information content (AvgIpc) is 3.16. The molecule has 0 aromatic heterocycles. The highest BCUT2D eigenvalue weighted by Crippen LogP contribution is 2.23. The number of allylic oxidation sites excluding steroid dienone is 1. The third kappa shape index (κ3) is 26.4. The predicted octanol–water partition coefficient (Wildman–Crippen LogP) is 8.95. The fourth-order valence-electron chi connectivity index (χ4n) is 7.21. The van der Waals surface area contributed by atoms with Crippen molar-refractivity contribution in [3.05, 3.63) is 12.2 Å². The predicted molar refractivity (Wildman–Crippen MR) is 217 cm³/mol. The number of amides is 1. The van der Waals surface area contributed by atoms with E-state index in [0.717, 1.165) is 38.5 Å². The third-order valence-electron chi connectivity index (χ3n) is 10.9. The van der Waals surface area contributed by atoms with E-state index in [0.29, 0.717) is 6.42 Å². The number of nitrogens with one attached hydrogen (secondary N) is 1. The van der Waals surface area contributed by atoms with E-state index in [1.165, 1.54) is 148 Å². The summed E-state index contributed by atoms with van der Waals surface area (Å²) >= 11 is 0. The van der Waals surface area contributed by atoms with Gasteiger partial charge >= 0.3 is 0 Å². The highest BCUT2D eigenvalue weighted by molar-refractivity contribution is 5.76. The topological polar surface area (TPSA) is 149 Å². The Balaban J connectivity index is 2.31. The molecule has 6 N–H and O–H groups in total. The van der Waals surface area contributed by atoms with Crippen LogP contribution >= 0.6 is 0 Å². The van der Waals surface area contributed by atoms with Gasteiger partial charge < -0.3 is 40.3 Å². The van der Waals surface area contributed by atoms with Crippen molar-refractivity contribution in [1.82, 2.24) is 5.32 Å². The first-order valence-corrected chi connectivity index (χ1v) is 22.4. The fraction of sp³-hybridized carbons (Fsp3) is 0.932. The number of unbranched alkanes of at least 4 members (excludes halogenated alkanes) is 27. The summed E-state index contributed by atoms with van der Waals surface area (Å²) in [5.74, 6) is -0.175. The van der Waals surface area contributed by atoms with Crippen molar-refractivity contribution >= 4 is 5.91 Å². The molecule has 0 aliphatic carbocycles. The molecule has 1 aliphatic heterocycles. The number of aliphatic hydroxyl groups is 5. The first-order valence-electron chi connectivity index (χ1n) is 22.4. The van der Waals surface area contributed by atoms with E-state index in [1.807, 2.05) is 6.08 Å². The number of hydrogen-bond donors (Lipinski definition) is 6. The highest BCUT2D eigenvalue weighted by atomic mass is 16.7. The monoisotopic (exact) mass is 756 g/mol. The molecular formula is C44H85NO8. The van der Waals surface area contributed by atoms with Crippen molar-refractivity contribution in [2.24, 2.45) is 0 Å². The van der Waals surface area contributed by atoms with Gasteiger partial charge in [-0.2, -0.15) is 0 Å². The lowest BCUT2D eigenvalue weighted by Gasteiger charge is -2.40. The zero-order valence-electron chi connectivity index (χ0n) is 34.3. The lowest BCUT2D eigenvalue weighted by molar-refractivity contribution is -0.302. The van der Waals surface area contributed by atoms with Gasteiger partial charge in [0.1, 0.15) is 24.4 Å². The summed E-state index contributed by atoms with van der Waals surface area (Å²) < 4.78 is 11.2. The van der Waals surface area contributed by atoms with Crippen molar-refractivity contribution < 1.29 is 39.8 Å². The third-order valence-corrected chi connectivity index (χ3v) is 10.9. The van der Waals surface area contributed by atoms with Crippen LogP contribution in [-0.4, -0.2) is 87.5 Å². The molecule has 7 atom stereocenters. The lowest BCUT2D eigenvalue weighted by Crippen LogP contribution is -2.60. The summed E-state index contributed by atoms with van der Waals surface area (Å²) in [5.41, 5.74) is 0. The van der Waals surface area contributed by atoms with Crippen LogP contribution in [0.15, 0.2) is 12.2 Å². The Morgan fingerprint density at radius 1 is 0.623 bits per heavy atom. The molecule has 0 spiro atoms. The molecule has 1 aliphatic rings. The zero-order valence-corrected chi connectivity index (χ0v) is 34.3. The number of hydrogen-bond acceptors (Lipinski definition) is 8. The maximum Gasteiger partial charge on any atom is 0.220 e. The highest BCUT2D eigenvalue weighted by Gasteiger charge is 2.44. The van der Waals surface area contributed by atoms with Gasteiger partial charge in [0.25, 0.3) is 0 Å². The number of carbonyl (C=O) groups excluding carboxylic acids is 1. The van der Waals surface area contributed by atoms with Gasteiger partial charge in [-0.25, -0.2) is 0 Å². The Hall–Kier alpha value is -1.07. The van der Waals surface area contributed by atoms with Crippen LogP contribution in [0.1, 0.15) is 206 Å². The van der Waals surface area contributed by atoms with Crippen molar-refractivity contribution in [1.29, 1.82) is 0 Å². The first-order chi connectivity index (χ1) is 25.8. The molecule has 1 saturated heterocycles. The summed E-state index contributed by atoms with van der Waals surface area (Å²) in [6.07, 6.45) is 32.6. The van der Waals surface area contributed by atoms with E-state index in [4.69, 9.17) is 9.47 Å². The van der Waals surface area contributed by atoms with Crippen LogP contribution in [0.2, 0.25) is 0 Å².